The first-order valence-corrected chi connectivity index (χ1v) is 5.18. The third-order valence-corrected chi connectivity index (χ3v) is 2.86. The number of rotatable bonds is 3. The maximum Gasteiger partial charge on any atom is 0.147 e. The molecule has 0 radical (unpaired) electrons. The first-order valence-electron chi connectivity index (χ1n) is 4.06. The Labute approximate surface area is 81.3 Å². The molecule has 0 saturated heterocycles. The van der Waals surface area contributed by atoms with E-state index in [1.807, 2.05) is 18.7 Å². The summed E-state index contributed by atoms with van der Waals surface area (Å²) in [4.78, 5) is 4.33. The molecule has 0 saturated carbocycles. The monoisotopic (exact) mass is 231 g/mol. The predicted molar refractivity (Wildman–Crippen MR) is 52.4 cm³/mol. The van der Waals surface area contributed by atoms with E-state index in [0.717, 1.165) is 23.4 Å². The van der Waals surface area contributed by atoms with E-state index in [1.54, 1.807) is 0 Å². The van der Waals surface area contributed by atoms with Gasteiger partial charge in [0.1, 0.15) is 11.6 Å². The van der Waals surface area contributed by atoms with Crippen molar-refractivity contribution in [1.82, 2.24) is 14.8 Å². The van der Waals surface area contributed by atoms with Gasteiger partial charge in [-0.05, 0) is 12.8 Å². The van der Waals surface area contributed by atoms with Crippen LogP contribution < -0.4 is 0 Å². The summed E-state index contributed by atoms with van der Waals surface area (Å²) >= 11 is 3.45. The molecule has 1 atom stereocenters. The van der Waals surface area contributed by atoms with Crippen LogP contribution in [0.15, 0.2) is 0 Å². The molecule has 1 aromatic rings. The normalized spacial score (nSPS) is 13.3. The van der Waals surface area contributed by atoms with E-state index in [4.69, 9.17) is 0 Å². The molecule has 0 aliphatic rings. The summed E-state index contributed by atoms with van der Waals surface area (Å²) in [5, 5.41) is 5.20. The molecule has 0 aromatic carbocycles. The highest BCUT2D eigenvalue weighted by atomic mass is 79.9. The molecule has 0 aliphatic carbocycles. The van der Waals surface area contributed by atoms with Crippen molar-refractivity contribution in [3.8, 4) is 0 Å². The minimum atomic E-state index is 0.618. The molecule has 4 heteroatoms. The zero-order valence-electron chi connectivity index (χ0n) is 7.71. The quantitative estimate of drug-likeness (QED) is 0.742. The Morgan fingerprint density at radius 1 is 1.58 bits per heavy atom. The van der Waals surface area contributed by atoms with Gasteiger partial charge in [0.25, 0.3) is 0 Å². The van der Waals surface area contributed by atoms with Crippen LogP contribution in [-0.2, 0) is 13.5 Å². The topological polar surface area (TPSA) is 30.7 Å². The summed E-state index contributed by atoms with van der Waals surface area (Å²) < 4.78 is 1.86. The van der Waals surface area contributed by atoms with Crippen LogP contribution in [0.2, 0.25) is 0 Å². The van der Waals surface area contributed by atoms with Crippen molar-refractivity contribution in [2.45, 2.75) is 20.3 Å². The average Bonchev–Trinajstić information content (AvgIpc) is 2.30. The van der Waals surface area contributed by atoms with Gasteiger partial charge in [-0.3, -0.25) is 4.68 Å². The highest BCUT2D eigenvalue weighted by molar-refractivity contribution is 9.09. The number of aryl methyl sites for hydroxylation is 2. The van der Waals surface area contributed by atoms with Crippen LogP contribution in [0.25, 0.3) is 0 Å². The van der Waals surface area contributed by atoms with Crippen LogP contribution in [0.4, 0.5) is 0 Å². The summed E-state index contributed by atoms with van der Waals surface area (Å²) in [5.74, 6) is 2.54. The van der Waals surface area contributed by atoms with Gasteiger partial charge < -0.3 is 0 Å². The lowest BCUT2D eigenvalue weighted by Gasteiger charge is -2.05. The second-order valence-electron chi connectivity index (χ2n) is 3.16. The zero-order chi connectivity index (χ0) is 9.14. The van der Waals surface area contributed by atoms with Crippen molar-refractivity contribution >= 4 is 15.9 Å². The molecule has 0 amide bonds. The molecule has 0 fully saturated rings. The number of nitrogens with zero attached hydrogens (tertiary/aromatic N) is 3. The van der Waals surface area contributed by atoms with Gasteiger partial charge in [0.05, 0.1) is 0 Å². The van der Waals surface area contributed by atoms with Crippen molar-refractivity contribution in [2.75, 3.05) is 5.33 Å². The van der Waals surface area contributed by atoms with E-state index in [0.29, 0.717) is 5.92 Å². The number of alkyl halides is 1. The fourth-order valence-corrected chi connectivity index (χ4v) is 1.33. The molecule has 1 heterocycles. The SMILES string of the molecule is Cc1nc(CC(C)CBr)n(C)n1. The van der Waals surface area contributed by atoms with Crippen molar-refractivity contribution in [2.24, 2.45) is 13.0 Å². The Morgan fingerprint density at radius 2 is 2.25 bits per heavy atom. The molecular weight excluding hydrogens is 218 g/mol. The highest BCUT2D eigenvalue weighted by Gasteiger charge is 2.07. The molecule has 1 rings (SSSR count). The predicted octanol–water partition coefficient (Wildman–Crippen LogP) is 1.70. The van der Waals surface area contributed by atoms with E-state index in [1.165, 1.54) is 0 Å². The fraction of sp³-hybridized carbons (Fsp3) is 0.750. The van der Waals surface area contributed by atoms with Gasteiger partial charge in [-0.15, -0.1) is 0 Å². The lowest BCUT2D eigenvalue weighted by atomic mass is 10.1. The van der Waals surface area contributed by atoms with Gasteiger partial charge in [0, 0.05) is 18.8 Å². The number of aromatic nitrogens is 3. The van der Waals surface area contributed by atoms with Gasteiger partial charge in [0.2, 0.25) is 0 Å². The summed E-state index contributed by atoms with van der Waals surface area (Å²) in [6.45, 7) is 4.11. The van der Waals surface area contributed by atoms with E-state index in [2.05, 4.69) is 32.9 Å². The van der Waals surface area contributed by atoms with Gasteiger partial charge >= 0.3 is 0 Å². The van der Waals surface area contributed by atoms with Gasteiger partial charge in [-0.1, -0.05) is 22.9 Å². The van der Waals surface area contributed by atoms with Crippen LogP contribution >= 0.6 is 15.9 Å². The first-order chi connectivity index (χ1) is 5.63. The Morgan fingerprint density at radius 3 is 2.67 bits per heavy atom. The Bertz CT molecular complexity index is 257. The standard InChI is InChI=1S/C8H14BrN3/c1-6(5-9)4-8-10-7(2)11-12(8)3/h6H,4-5H2,1-3H3. The molecule has 0 spiro atoms. The average molecular weight is 232 g/mol. The maximum absolute atomic E-state index is 4.33. The van der Waals surface area contributed by atoms with Crippen molar-refractivity contribution in [3.05, 3.63) is 11.6 Å². The van der Waals surface area contributed by atoms with Crippen LogP contribution in [0.5, 0.6) is 0 Å². The molecular formula is C8H14BrN3. The molecule has 0 N–H and O–H groups in total. The molecule has 68 valence electrons. The zero-order valence-corrected chi connectivity index (χ0v) is 9.30. The summed E-state index contributed by atoms with van der Waals surface area (Å²) in [6, 6.07) is 0. The smallest absolute Gasteiger partial charge is 0.147 e. The van der Waals surface area contributed by atoms with Crippen LogP contribution in [-0.4, -0.2) is 20.1 Å². The summed E-state index contributed by atoms with van der Waals surface area (Å²) in [6.07, 6.45) is 0.989. The Kier molecular flexibility index (Phi) is 3.26. The largest absolute Gasteiger partial charge is 0.253 e. The van der Waals surface area contributed by atoms with E-state index < -0.39 is 0 Å². The second-order valence-corrected chi connectivity index (χ2v) is 3.81. The van der Waals surface area contributed by atoms with Crippen molar-refractivity contribution < 1.29 is 0 Å². The van der Waals surface area contributed by atoms with Gasteiger partial charge in [-0.2, -0.15) is 5.10 Å². The molecule has 1 aromatic heterocycles. The molecule has 0 aliphatic heterocycles. The third kappa shape index (κ3) is 2.30. The fourth-order valence-electron chi connectivity index (χ4n) is 1.10. The van der Waals surface area contributed by atoms with E-state index in [-0.39, 0.29) is 0 Å². The third-order valence-electron chi connectivity index (χ3n) is 1.75. The minimum Gasteiger partial charge on any atom is -0.253 e. The molecule has 3 nitrogen and oxygen atoms in total. The second kappa shape index (κ2) is 4.03. The van der Waals surface area contributed by atoms with E-state index in [9.17, 15) is 0 Å². The Balaban J connectivity index is 2.68. The van der Waals surface area contributed by atoms with Crippen molar-refractivity contribution in [3.63, 3.8) is 0 Å². The number of hydrogen-bond acceptors (Lipinski definition) is 2. The molecule has 12 heavy (non-hydrogen) atoms. The van der Waals surface area contributed by atoms with Gasteiger partial charge in [0.15, 0.2) is 0 Å². The minimum absolute atomic E-state index is 0.618. The molecule has 0 bridgehead atoms. The number of halogens is 1. The first kappa shape index (κ1) is 9.71. The summed E-state index contributed by atoms with van der Waals surface area (Å²) in [5.41, 5.74) is 0. The van der Waals surface area contributed by atoms with Crippen LogP contribution in [0.1, 0.15) is 18.6 Å². The van der Waals surface area contributed by atoms with Crippen molar-refractivity contribution in [1.29, 1.82) is 0 Å². The maximum atomic E-state index is 4.33. The van der Waals surface area contributed by atoms with Crippen LogP contribution in [0.3, 0.4) is 0 Å². The van der Waals surface area contributed by atoms with Crippen LogP contribution in [0, 0.1) is 12.8 Å². The number of hydrogen-bond donors (Lipinski definition) is 0. The molecule has 1 unspecified atom stereocenters. The highest BCUT2D eigenvalue weighted by Crippen LogP contribution is 2.08. The van der Waals surface area contributed by atoms with E-state index >= 15 is 0 Å². The lowest BCUT2D eigenvalue weighted by molar-refractivity contribution is 0.594. The summed E-state index contributed by atoms with van der Waals surface area (Å²) in [7, 11) is 1.94. The van der Waals surface area contributed by atoms with Gasteiger partial charge in [-0.25, -0.2) is 4.98 Å². The lowest BCUT2D eigenvalue weighted by Crippen LogP contribution is -2.07. The Hall–Kier alpha value is -0.380.